The summed E-state index contributed by atoms with van der Waals surface area (Å²) in [5, 5.41) is 23.3. The molecule has 28 heavy (non-hydrogen) atoms. The van der Waals surface area contributed by atoms with Crippen molar-refractivity contribution >= 4 is 22.6 Å². The molecule has 1 aromatic heterocycles. The second kappa shape index (κ2) is 7.40. The molecule has 2 saturated carbocycles. The number of carboxylic acids is 1. The van der Waals surface area contributed by atoms with Gasteiger partial charge in [-0.3, -0.25) is 14.7 Å². The summed E-state index contributed by atoms with van der Waals surface area (Å²) in [7, 11) is 0. The van der Waals surface area contributed by atoms with Gasteiger partial charge in [0.1, 0.15) is 6.07 Å². The van der Waals surface area contributed by atoms with E-state index in [4.69, 9.17) is 0 Å². The molecule has 4 rings (SSSR count). The molecule has 2 aliphatic carbocycles. The highest BCUT2D eigenvalue weighted by Gasteiger charge is 2.37. The van der Waals surface area contributed by atoms with Crippen LogP contribution in [0, 0.1) is 31.1 Å². The Morgan fingerprint density at radius 1 is 1.36 bits per heavy atom. The SMILES string of the molecule is Cc1cc(C)c2ncc(C#N)c(NC3CC(N(CC(=O)O)CC4CC4)C3)c2c1. The van der Waals surface area contributed by atoms with Gasteiger partial charge < -0.3 is 10.4 Å². The average Bonchev–Trinajstić information content (AvgIpc) is 3.40. The molecule has 146 valence electrons. The van der Waals surface area contributed by atoms with Crippen molar-refractivity contribution in [3.63, 3.8) is 0 Å². The number of carboxylic acid groups (broad SMARTS) is 1. The Labute approximate surface area is 165 Å². The van der Waals surface area contributed by atoms with E-state index in [2.05, 4.69) is 40.3 Å². The van der Waals surface area contributed by atoms with Crippen LogP contribution in [0.25, 0.3) is 10.9 Å². The Morgan fingerprint density at radius 2 is 2.11 bits per heavy atom. The molecule has 0 radical (unpaired) electrons. The maximum absolute atomic E-state index is 11.2. The van der Waals surface area contributed by atoms with Crippen molar-refractivity contribution in [2.45, 2.75) is 51.6 Å². The zero-order chi connectivity index (χ0) is 19.8. The van der Waals surface area contributed by atoms with Crippen molar-refractivity contribution in [1.29, 1.82) is 5.26 Å². The van der Waals surface area contributed by atoms with E-state index in [1.165, 1.54) is 12.8 Å². The molecule has 0 saturated heterocycles. The van der Waals surface area contributed by atoms with E-state index in [9.17, 15) is 15.2 Å². The highest BCUT2D eigenvalue weighted by molar-refractivity contribution is 5.96. The number of hydrogen-bond acceptors (Lipinski definition) is 5. The normalized spacial score (nSPS) is 21.4. The van der Waals surface area contributed by atoms with Crippen LogP contribution >= 0.6 is 0 Å². The average molecular weight is 378 g/mol. The van der Waals surface area contributed by atoms with E-state index in [0.29, 0.717) is 17.5 Å². The Hall–Kier alpha value is -2.65. The second-order valence-electron chi connectivity index (χ2n) is 8.37. The van der Waals surface area contributed by atoms with Gasteiger partial charge in [-0.05, 0) is 57.1 Å². The molecule has 0 unspecified atom stereocenters. The number of benzene rings is 1. The van der Waals surface area contributed by atoms with Crippen molar-refractivity contribution < 1.29 is 9.90 Å². The molecule has 1 aromatic carbocycles. The van der Waals surface area contributed by atoms with Crippen molar-refractivity contribution in [2.75, 3.05) is 18.4 Å². The number of aromatic nitrogens is 1. The van der Waals surface area contributed by atoms with Crippen LogP contribution in [0.2, 0.25) is 0 Å². The molecule has 2 aromatic rings. The van der Waals surface area contributed by atoms with Gasteiger partial charge >= 0.3 is 5.97 Å². The third-order valence-electron chi connectivity index (χ3n) is 5.93. The minimum Gasteiger partial charge on any atom is -0.480 e. The van der Waals surface area contributed by atoms with E-state index in [1.54, 1.807) is 6.20 Å². The molecule has 2 fully saturated rings. The fourth-order valence-electron chi connectivity index (χ4n) is 4.26. The van der Waals surface area contributed by atoms with Crippen LogP contribution in [0.1, 0.15) is 42.4 Å². The number of fused-ring (bicyclic) bond motifs is 1. The van der Waals surface area contributed by atoms with E-state index >= 15 is 0 Å². The number of pyridine rings is 1. The summed E-state index contributed by atoms with van der Waals surface area (Å²) in [5.41, 5.74) is 4.58. The number of aryl methyl sites for hydroxylation is 2. The summed E-state index contributed by atoms with van der Waals surface area (Å²) in [6.45, 7) is 5.10. The fourth-order valence-corrected chi connectivity index (χ4v) is 4.26. The number of aliphatic carboxylic acids is 1. The van der Waals surface area contributed by atoms with Crippen LogP contribution in [0.5, 0.6) is 0 Å². The number of rotatable bonds is 7. The smallest absolute Gasteiger partial charge is 0.317 e. The van der Waals surface area contributed by atoms with Gasteiger partial charge in [0.05, 0.1) is 23.3 Å². The number of anilines is 1. The topological polar surface area (TPSA) is 89.3 Å². The third kappa shape index (κ3) is 3.81. The van der Waals surface area contributed by atoms with Crippen molar-refractivity contribution in [2.24, 2.45) is 5.92 Å². The van der Waals surface area contributed by atoms with Gasteiger partial charge in [0.2, 0.25) is 0 Å². The molecular formula is C22H26N4O2. The fraction of sp³-hybridized carbons (Fsp3) is 0.500. The molecule has 1 heterocycles. The van der Waals surface area contributed by atoms with Crippen LogP contribution in [0.4, 0.5) is 5.69 Å². The highest BCUT2D eigenvalue weighted by Crippen LogP contribution is 2.36. The van der Waals surface area contributed by atoms with Gasteiger partial charge in [-0.15, -0.1) is 0 Å². The van der Waals surface area contributed by atoms with E-state index < -0.39 is 5.97 Å². The molecular weight excluding hydrogens is 352 g/mol. The van der Waals surface area contributed by atoms with Crippen molar-refractivity contribution in [3.8, 4) is 6.07 Å². The Morgan fingerprint density at radius 3 is 2.75 bits per heavy atom. The van der Waals surface area contributed by atoms with Gasteiger partial charge in [-0.25, -0.2) is 0 Å². The minimum atomic E-state index is -0.755. The Kier molecular flexibility index (Phi) is 4.94. The Balaban J connectivity index is 1.51. The first-order chi connectivity index (χ1) is 13.4. The van der Waals surface area contributed by atoms with Crippen LogP contribution in [0.15, 0.2) is 18.3 Å². The van der Waals surface area contributed by atoms with Gasteiger partial charge in [0.25, 0.3) is 0 Å². The van der Waals surface area contributed by atoms with Crippen LogP contribution in [-0.4, -0.2) is 46.1 Å². The lowest BCUT2D eigenvalue weighted by Gasteiger charge is -2.43. The summed E-state index contributed by atoms with van der Waals surface area (Å²) in [4.78, 5) is 17.8. The number of nitrogens with zero attached hydrogens (tertiary/aromatic N) is 3. The second-order valence-corrected chi connectivity index (χ2v) is 8.37. The monoisotopic (exact) mass is 378 g/mol. The summed E-state index contributed by atoms with van der Waals surface area (Å²) >= 11 is 0. The molecule has 2 N–H and O–H groups in total. The molecule has 0 spiro atoms. The summed E-state index contributed by atoms with van der Waals surface area (Å²) < 4.78 is 0. The molecule has 0 atom stereocenters. The molecule has 6 nitrogen and oxygen atoms in total. The molecule has 2 aliphatic rings. The van der Waals surface area contributed by atoms with Gasteiger partial charge in [-0.1, -0.05) is 11.6 Å². The lowest BCUT2D eigenvalue weighted by molar-refractivity contribution is -0.139. The Bertz CT molecular complexity index is 955. The first kappa shape index (κ1) is 18.7. The predicted octanol–water partition coefficient (Wildman–Crippen LogP) is 3.46. The van der Waals surface area contributed by atoms with Crippen LogP contribution in [0.3, 0.4) is 0 Å². The van der Waals surface area contributed by atoms with Crippen LogP contribution < -0.4 is 5.32 Å². The number of hydrogen-bond donors (Lipinski definition) is 2. The first-order valence-corrected chi connectivity index (χ1v) is 9.97. The lowest BCUT2D eigenvalue weighted by atomic mass is 9.84. The zero-order valence-corrected chi connectivity index (χ0v) is 16.4. The predicted molar refractivity (Wildman–Crippen MR) is 108 cm³/mol. The maximum atomic E-state index is 11.2. The number of carbonyl (C=O) groups is 1. The van der Waals surface area contributed by atoms with Crippen molar-refractivity contribution in [1.82, 2.24) is 9.88 Å². The highest BCUT2D eigenvalue weighted by atomic mass is 16.4. The third-order valence-corrected chi connectivity index (χ3v) is 5.93. The quantitative estimate of drug-likeness (QED) is 0.767. The minimum absolute atomic E-state index is 0.119. The first-order valence-electron chi connectivity index (χ1n) is 9.97. The molecule has 0 amide bonds. The molecule has 0 aliphatic heterocycles. The standard InChI is InChI=1S/C22H26N4O2/c1-13-5-14(2)21-19(6-13)22(16(9-23)10-24-21)25-17-7-18(8-17)26(12-20(27)28)11-15-3-4-15/h5-6,10,15,17-18H,3-4,7-8,11-12H2,1-2H3,(H,24,25)(H,27,28). The maximum Gasteiger partial charge on any atom is 0.317 e. The van der Waals surface area contributed by atoms with Gasteiger partial charge in [-0.2, -0.15) is 5.26 Å². The van der Waals surface area contributed by atoms with E-state index in [-0.39, 0.29) is 12.6 Å². The van der Waals surface area contributed by atoms with E-state index in [1.807, 2.05) is 6.92 Å². The summed E-state index contributed by atoms with van der Waals surface area (Å²) in [5.74, 6) is -0.0819. The largest absolute Gasteiger partial charge is 0.480 e. The van der Waals surface area contributed by atoms with Gasteiger partial charge in [0.15, 0.2) is 0 Å². The zero-order valence-electron chi connectivity index (χ0n) is 16.4. The summed E-state index contributed by atoms with van der Waals surface area (Å²) in [6, 6.07) is 7.00. The van der Waals surface area contributed by atoms with Crippen molar-refractivity contribution in [3.05, 3.63) is 35.0 Å². The van der Waals surface area contributed by atoms with Crippen LogP contribution in [-0.2, 0) is 4.79 Å². The molecule has 0 bridgehead atoms. The summed E-state index contributed by atoms with van der Waals surface area (Å²) in [6.07, 6.45) is 5.89. The molecule has 6 heteroatoms. The lowest BCUT2D eigenvalue weighted by Crippen LogP contribution is -2.52. The van der Waals surface area contributed by atoms with E-state index in [0.717, 1.165) is 47.1 Å². The number of nitriles is 1. The van der Waals surface area contributed by atoms with Gasteiger partial charge in [0, 0.05) is 30.2 Å². The number of nitrogens with one attached hydrogen (secondary N) is 1.